The lowest BCUT2D eigenvalue weighted by molar-refractivity contribution is 0.660. The van der Waals surface area contributed by atoms with Crippen molar-refractivity contribution in [3.8, 4) is 50.2 Å². The molecule has 1 aliphatic carbocycles. The predicted octanol–water partition coefficient (Wildman–Crippen LogP) is 15.6. The van der Waals surface area contributed by atoms with E-state index in [1.807, 2.05) is 0 Å². The van der Waals surface area contributed by atoms with Crippen LogP contribution in [0.5, 0.6) is 0 Å². The van der Waals surface area contributed by atoms with Crippen molar-refractivity contribution in [1.29, 1.82) is 0 Å². The van der Waals surface area contributed by atoms with Crippen LogP contribution in [0.15, 0.2) is 218 Å². The molecule has 10 aromatic rings. The Labute approximate surface area is 345 Å². The molecule has 280 valence electrons. The zero-order valence-corrected chi connectivity index (χ0v) is 33.2. The molecular weight excluding hydrogens is 713 g/mol. The average Bonchev–Trinajstić information content (AvgIpc) is 3.76. The number of hydrogen-bond acceptors (Lipinski definition) is 1. The maximum Gasteiger partial charge on any atom is 0.0619 e. The van der Waals surface area contributed by atoms with Gasteiger partial charge in [0.1, 0.15) is 0 Å². The quantitative estimate of drug-likeness (QED) is 0.157. The number of anilines is 3. The molecule has 11 rings (SSSR count). The van der Waals surface area contributed by atoms with Crippen LogP contribution < -0.4 is 4.90 Å². The Morgan fingerprint density at radius 3 is 1.58 bits per heavy atom. The minimum absolute atomic E-state index is 0.104. The fourth-order valence-electron chi connectivity index (χ4n) is 9.46. The van der Waals surface area contributed by atoms with E-state index in [9.17, 15) is 0 Å². The average molecular weight is 755 g/mol. The van der Waals surface area contributed by atoms with E-state index >= 15 is 0 Å². The Morgan fingerprint density at radius 1 is 0.356 bits per heavy atom. The highest BCUT2D eigenvalue weighted by Gasteiger charge is 2.35. The fourth-order valence-corrected chi connectivity index (χ4v) is 9.46. The zero-order chi connectivity index (χ0) is 39.5. The van der Waals surface area contributed by atoms with Crippen LogP contribution in [-0.2, 0) is 5.41 Å². The summed E-state index contributed by atoms with van der Waals surface area (Å²) in [5.41, 5.74) is 19.4. The minimum Gasteiger partial charge on any atom is -0.310 e. The number of para-hydroxylation sites is 2. The monoisotopic (exact) mass is 754 g/mol. The van der Waals surface area contributed by atoms with Crippen molar-refractivity contribution in [3.05, 3.63) is 230 Å². The van der Waals surface area contributed by atoms with Gasteiger partial charge in [-0.2, -0.15) is 0 Å². The molecule has 2 heteroatoms. The van der Waals surface area contributed by atoms with Crippen molar-refractivity contribution in [3.63, 3.8) is 0 Å². The highest BCUT2D eigenvalue weighted by Crippen LogP contribution is 2.51. The Kier molecular flexibility index (Phi) is 8.20. The Balaban J connectivity index is 1.06. The molecule has 0 radical (unpaired) electrons. The predicted molar refractivity (Wildman–Crippen MR) is 249 cm³/mol. The van der Waals surface area contributed by atoms with Gasteiger partial charge in [-0.3, -0.25) is 0 Å². The summed E-state index contributed by atoms with van der Waals surface area (Å²) in [7, 11) is 0. The second kappa shape index (κ2) is 13.9. The van der Waals surface area contributed by atoms with Gasteiger partial charge in [-0.05, 0) is 117 Å². The van der Waals surface area contributed by atoms with Crippen molar-refractivity contribution < 1.29 is 0 Å². The number of aromatic nitrogens is 1. The van der Waals surface area contributed by atoms with Gasteiger partial charge in [-0.1, -0.05) is 166 Å². The largest absolute Gasteiger partial charge is 0.310 e. The van der Waals surface area contributed by atoms with E-state index in [1.54, 1.807) is 0 Å². The number of hydrogen-bond donors (Lipinski definition) is 0. The first-order chi connectivity index (χ1) is 29.0. The van der Waals surface area contributed by atoms with Crippen LogP contribution in [0.2, 0.25) is 0 Å². The molecule has 0 fully saturated rings. The van der Waals surface area contributed by atoms with E-state index in [2.05, 4.69) is 242 Å². The third kappa shape index (κ3) is 5.79. The highest BCUT2D eigenvalue weighted by molar-refractivity contribution is 6.15. The SMILES string of the molecule is CC1(C)c2ccccc2-c2ccc(N(c3ccc(-c4ccccc4)cc3)c3ccc(-c4cc(-c5ccccc5)c5c(c4)c4ccccc4n5-c4ccccc4)cc3)cc21. The number of rotatable bonds is 7. The molecule has 0 saturated heterocycles. The first-order valence-electron chi connectivity index (χ1n) is 20.5. The van der Waals surface area contributed by atoms with E-state index < -0.39 is 0 Å². The van der Waals surface area contributed by atoms with Gasteiger partial charge in [0.25, 0.3) is 0 Å². The summed E-state index contributed by atoms with van der Waals surface area (Å²) in [6.45, 7) is 4.71. The lowest BCUT2D eigenvalue weighted by Gasteiger charge is -2.28. The van der Waals surface area contributed by atoms with Gasteiger partial charge in [-0.25, -0.2) is 0 Å². The molecule has 59 heavy (non-hydrogen) atoms. The third-order valence-corrected chi connectivity index (χ3v) is 12.4. The van der Waals surface area contributed by atoms with Crippen molar-refractivity contribution in [2.75, 3.05) is 4.90 Å². The van der Waals surface area contributed by atoms with Crippen LogP contribution in [0.4, 0.5) is 17.1 Å². The van der Waals surface area contributed by atoms with E-state index in [1.165, 1.54) is 77.4 Å². The van der Waals surface area contributed by atoms with E-state index in [0.717, 1.165) is 22.7 Å². The van der Waals surface area contributed by atoms with E-state index in [4.69, 9.17) is 0 Å². The molecule has 0 spiro atoms. The number of nitrogens with zero attached hydrogens (tertiary/aromatic N) is 2. The maximum atomic E-state index is 2.43. The molecule has 1 heterocycles. The van der Waals surface area contributed by atoms with Crippen molar-refractivity contribution >= 4 is 38.9 Å². The fraction of sp³-hybridized carbons (Fsp3) is 0.0526. The lowest BCUT2D eigenvalue weighted by Crippen LogP contribution is -2.16. The second-order valence-corrected chi connectivity index (χ2v) is 16.2. The second-order valence-electron chi connectivity index (χ2n) is 16.2. The molecule has 2 nitrogen and oxygen atoms in total. The van der Waals surface area contributed by atoms with Gasteiger partial charge in [0.2, 0.25) is 0 Å². The third-order valence-electron chi connectivity index (χ3n) is 12.4. The minimum atomic E-state index is -0.104. The summed E-state index contributed by atoms with van der Waals surface area (Å²) < 4.78 is 2.43. The van der Waals surface area contributed by atoms with Crippen LogP contribution in [0, 0.1) is 0 Å². The lowest BCUT2D eigenvalue weighted by atomic mass is 9.82. The summed E-state index contributed by atoms with van der Waals surface area (Å²) in [5, 5.41) is 2.49. The first-order valence-corrected chi connectivity index (χ1v) is 20.5. The van der Waals surface area contributed by atoms with Crippen LogP contribution >= 0.6 is 0 Å². The van der Waals surface area contributed by atoms with E-state index in [-0.39, 0.29) is 5.41 Å². The summed E-state index contributed by atoms with van der Waals surface area (Å²) in [6.07, 6.45) is 0. The van der Waals surface area contributed by atoms with Crippen molar-refractivity contribution in [1.82, 2.24) is 4.57 Å². The molecule has 0 atom stereocenters. The normalized spacial score (nSPS) is 12.7. The molecular formula is C57H42N2. The topological polar surface area (TPSA) is 8.17 Å². The smallest absolute Gasteiger partial charge is 0.0619 e. The van der Waals surface area contributed by atoms with Gasteiger partial charge in [0.15, 0.2) is 0 Å². The van der Waals surface area contributed by atoms with Crippen LogP contribution in [0.1, 0.15) is 25.0 Å². The maximum absolute atomic E-state index is 2.43. The molecule has 0 unspecified atom stereocenters. The molecule has 0 saturated carbocycles. The Hall–Kier alpha value is -7.42. The molecule has 1 aromatic heterocycles. The van der Waals surface area contributed by atoms with Crippen molar-refractivity contribution in [2.45, 2.75) is 19.3 Å². The van der Waals surface area contributed by atoms with Gasteiger partial charge in [-0.15, -0.1) is 0 Å². The van der Waals surface area contributed by atoms with Gasteiger partial charge in [0, 0.05) is 44.5 Å². The summed E-state index contributed by atoms with van der Waals surface area (Å²) in [4.78, 5) is 2.41. The zero-order valence-electron chi connectivity index (χ0n) is 33.2. The Bertz CT molecular complexity index is 3140. The molecule has 1 aliphatic rings. The number of benzene rings is 9. The molecule has 0 amide bonds. The molecule has 0 aliphatic heterocycles. The Morgan fingerprint density at radius 2 is 0.881 bits per heavy atom. The first kappa shape index (κ1) is 34.8. The van der Waals surface area contributed by atoms with Crippen LogP contribution in [0.3, 0.4) is 0 Å². The molecule has 9 aromatic carbocycles. The van der Waals surface area contributed by atoms with Gasteiger partial charge < -0.3 is 9.47 Å². The van der Waals surface area contributed by atoms with Crippen molar-refractivity contribution in [2.24, 2.45) is 0 Å². The summed E-state index contributed by atoms with van der Waals surface area (Å²) >= 11 is 0. The summed E-state index contributed by atoms with van der Waals surface area (Å²) in [6, 6.07) is 79.8. The van der Waals surface area contributed by atoms with Gasteiger partial charge >= 0.3 is 0 Å². The number of fused-ring (bicyclic) bond motifs is 6. The van der Waals surface area contributed by atoms with Gasteiger partial charge in [0.05, 0.1) is 11.0 Å². The summed E-state index contributed by atoms with van der Waals surface area (Å²) in [5.74, 6) is 0. The van der Waals surface area contributed by atoms with Crippen LogP contribution in [-0.4, -0.2) is 4.57 Å². The van der Waals surface area contributed by atoms with E-state index in [0.29, 0.717) is 0 Å². The van der Waals surface area contributed by atoms with Crippen LogP contribution in [0.25, 0.3) is 72.0 Å². The highest BCUT2D eigenvalue weighted by atomic mass is 15.1. The standard InChI is InChI=1S/C57H42N2/c1-57(2)53-24-14-12-22-48(53)49-35-34-47(38-54(49)57)58(45-30-26-40(27-31-45)39-16-6-3-7-17-39)46-32-28-41(29-33-46)43-36-51(42-18-8-4-9-19-42)56-52(37-43)50-23-13-15-25-55(50)59(56)44-20-10-5-11-21-44/h3-38H,1-2H3. The molecule has 0 N–H and O–H groups in total. The molecule has 0 bridgehead atoms.